The number of carbonyl (C=O) groups excluding carboxylic acids is 1. The van der Waals surface area contributed by atoms with Crippen LogP contribution in [0.25, 0.3) is 0 Å². The summed E-state index contributed by atoms with van der Waals surface area (Å²) in [6, 6.07) is 8.52. The lowest BCUT2D eigenvalue weighted by atomic mass is 10.3. The first-order valence-electron chi connectivity index (χ1n) is 3.54. The molecule has 0 saturated heterocycles. The van der Waals surface area contributed by atoms with E-state index in [4.69, 9.17) is 15.8 Å². The standard InChI is InChI=1S/C7H8N2O.BH3O2/c8-7(10)9-6-4-2-1-3-5-6;2-1-3/h1-5H,(H3,8,9,10);1-3H. The molecule has 0 aromatic heterocycles. The lowest BCUT2D eigenvalue weighted by molar-refractivity contribution is 0.259. The van der Waals surface area contributed by atoms with Gasteiger partial charge >= 0.3 is 13.7 Å². The van der Waals surface area contributed by atoms with Crippen molar-refractivity contribution < 1.29 is 14.8 Å². The predicted octanol–water partition coefficient (Wildman–Crippen LogP) is -0.585. The normalized spacial score (nSPS) is 7.85. The van der Waals surface area contributed by atoms with Crippen LogP contribution >= 0.6 is 0 Å². The van der Waals surface area contributed by atoms with Crippen molar-refractivity contribution in [3.05, 3.63) is 30.3 Å². The van der Waals surface area contributed by atoms with Crippen molar-refractivity contribution in [1.82, 2.24) is 0 Å². The number of anilines is 1. The Bertz CT molecular complexity index is 243. The summed E-state index contributed by atoms with van der Waals surface area (Å²) in [7, 11) is -0.750. The summed E-state index contributed by atoms with van der Waals surface area (Å²) in [5, 5.41) is 16.7. The maximum Gasteiger partial charge on any atom is 0.432 e. The first-order chi connectivity index (χ1) is 6.20. The summed E-state index contributed by atoms with van der Waals surface area (Å²) in [4.78, 5) is 10.3. The van der Waals surface area contributed by atoms with Crippen LogP contribution in [-0.2, 0) is 0 Å². The van der Waals surface area contributed by atoms with E-state index in [1.807, 2.05) is 18.2 Å². The molecule has 1 rings (SSSR count). The minimum atomic E-state index is -0.750. The third-order valence-corrected chi connectivity index (χ3v) is 1.04. The van der Waals surface area contributed by atoms with Gasteiger partial charge in [-0.25, -0.2) is 4.79 Å². The van der Waals surface area contributed by atoms with Crippen LogP contribution in [0.2, 0.25) is 0 Å². The van der Waals surface area contributed by atoms with Gasteiger partial charge in [-0.05, 0) is 12.1 Å². The smallest absolute Gasteiger partial charge is 0.430 e. The fourth-order valence-corrected chi connectivity index (χ4v) is 0.664. The lowest BCUT2D eigenvalue weighted by Crippen LogP contribution is -2.18. The molecule has 0 aliphatic heterocycles. The van der Waals surface area contributed by atoms with Gasteiger partial charge in [-0.3, -0.25) is 0 Å². The highest BCUT2D eigenvalue weighted by molar-refractivity contribution is 6.13. The van der Waals surface area contributed by atoms with Crippen molar-refractivity contribution >= 4 is 19.4 Å². The fraction of sp³-hybridized carbons (Fsp3) is 0. The van der Waals surface area contributed by atoms with Gasteiger partial charge in [0.1, 0.15) is 0 Å². The molecule has 0 bridgehead atoms. The number of hydrogen-bond donors (Lipinski definition) is 4. The molecule has 0 saturated carbocycles. The monoisotopic (exact) mass is 182 g/mol. The van der Waals surface area contributed by atoms with Crippen molar-refractivity contribution in [2.24, 2.45) is 5.73 Å². The molecule has 0 spiro atoms. The van der Waals surface area contributed by atoms with E-state index in [2.05, 4.69) is 5.32 Å². The third kappa shape index (κ3) is 6.86. The largest absolute Gasteiger partial charge is 0.432 e. The highest BCUT2D eigenvalue weighted by Crippen LogP contribution is 2.03. The number of benzene rings is 1. The average Bonchev–Trinajstić information content (AvgIpc) is 2.06. The summed E-state index contributed by atoms with van der Waals surface area (Å²) in [6.07, 6.45) is 0. The molecule has 13 heavy (non-hydrogen) atoms. The molecule has 70 valence electrons. The number of nitrogens with one attached hydrogen (secondary N) is 1. The SMILES string of the molecule is NC(=O)Nc1ccccc1.OBO. The Balaban J connectivity index is 0.000000424. The lowest BCUT2D eigenvalue weighted by Gasteiger charge is -1.97. The third-order valence-electron chi connectivity index (χ3n) is 1.04. The van der Waals surface area contributed by atoms with E-state index in [9.17, 15) is 4.79 Å². The van der Waals surface area contributed by atoms with Gasteiger partial charge in [-0.15, -0.1) is 0 Å². The zero-order valence-electron chi connectivity index (χ0n) is 6.97. The highest BCUT2D eigenvalue weighted by atomic mass is 16.4. The van der Waals surface area contributed by atoms with Gasteiger partial charge in [-0.2, -0.15) is 0 Å². The van der Waals surface area contributed by atoms with Gasteiger partial charge in [0.05, 0.1) is 0 Å². The second-order valence-electron chi connectivity index (χ2n) is 2.00. The van der Waals surface area contributed by atoms with Gasteiger partial charge < -0.3 is 21.1 Å². The number of rotatable bonds is 1. The number of amides is 2. The summed E-state index contributed by atoms with van der Waals surface area (Å²) in [5.74, 6) is 0. The van der Waals surface area contributed by atoms with Crippen LogP contribution in [-0.4, -0.2) is 23.8 Å². The van der Waals surface area contributed by atoms with Crippen molar-refractivity contribution in [3.63, 3.8) is 0 Å². The molecular formula is C7H11BN2O3. The van der Waals surface area contributed by atoms with Crippen molar-refractivity contribution in [3.8, 4) is 0 Å². The van der Waals surface area contributed by atoms with E-state index in [0.717, 1.165) is 5.69 Å². The Labute approximate surface area is 76.5 Å². The van der Waals surface area contributed by atoms with Crippen LogP contribution < -0.4 is 11.1 Å². The minimum Gasteiger partial charge on any atom is -0.430 e. The van der Waals surface area contributed by atoms with Crippen LogP contribution in [0.3, 0.4) is 0 Å². The molecule has 0 fully saturated rings. The van der Waals surface area contributed by atoms with Crippen LogP contribution in [0.15, 0.2) is 30.3 Å². The number of carbonyl (C=O) groups is 1. The topological polar surface area (TPSA) is 95.6 Å². The summed E-state index contributed by atoms with van der Waals surface area (Å²) < 4.78 is 0. The number of primary amides is 1. The molecule has 0 unspecified atom stereocenters. The quantitative estimate of drug-likeness (QED) is 0.437. The van der Waals surface area contributed by atoms with E-state index in [-0.39, 0.29) is 0 Å². The first kappa shape index (κ1) is 11.5. The number of nitrogens with two attached hydrogens (primary N) is 1. The van der Waals surface area contributed by atoms with Gasteiger partial charge in [0, 0.05) is 5.69 Å². The van der Waals surface area contributed by atoms with E-state index < -0.39 is 13.7 Å². The van der Waals surface area contributed by atoms with Gasteiger partial charge in [-0.1, -0.05) is 18.2 Å². The Morgan fingerprint density at radius 1 is 1.31 bits per heavy atom. The van der Waals surface area contributed by atoms with Crippen molar-refractivity contribution in [2.45, 2.75) is 0 Å². The molecule has 1 aromatic carbocycles. The number of para-hydroxylation sites is 1. The second-order valence-corrected chi connectivity index (χ2v) is 2.00. The summed E-state index contributed by atoms with van der Waals surface area (Å²) in [6.45, 7) is 0. The van der Waals surface area contributed by atoms with Crippen LogP contribution in [0.4, 0.5) is 10.5 Å². The second kappa shape index (κ2) is 7.14. The summed E-state index contributed by atoms with van der Waals surface area (Å²) in [5.41, 5.74) is 5.59. The minimum absolute atomic E-state index is 0.536. The summed E-state index contributed by atoms with van der Waals surface area (Å²) >= 11 is 0. The van der Waals surface area contributed by atoms with E-state index >= 15 is 0 Å². The Hall–Kier alpha value is -1.53. The fourth-order valence-electron chi connectivity index (χ4n) is 0.664. The van der Waals surface area contributed by atoms with Gasteiger partial charge in [0.2, 0.25) is 0 Å². The van der Waals surface area contributed by atoms with Crippen molar-refractivity contribution in [2.75, 3.05) is 5.32 Å². The Morgan fingerprint density at radius 2 is 1.77 bits per heavy atom. The maximum absolute atomic E-state index is 10.3. The average molecular weight is 182 g/mol. The molecule has 0 radical (unpaired) electrons. The van der Waals surface area contributed by atoms with Gasteiger partial charge in [0.25, 0.3) is 0 Å². The molecule has 0 aliphatic rings. The number of urea groups is 1. The molecule has 0 heterocycles. The Morgan fingerprint density at radius 3 is 2.15 bits per heavy atom. The van der Waals surface area contributed by atoms with Crippen LogP contribution in [0.5, 0.6) is 0 Å². The number of hydrogen-bond acceptors (Lipinski definition) is 3. The van der Waals surface area contributed by atoms with E-state index in [1.165, 1.54) is 0 Å². The molecular weight excluding hydrogens is 171 g/mol. The molecule has 2 amide bonds. The molecule has 0 aliphatic carbocycles. The Kier molecular flexibility index (Phi) is 6.30. The van der Waals surface area contributed by atoms with Crippen LogP contribution in [0, 0.1) is 0 Å². The molecule has 5 nitrogen and oxygen atoms in total. The zero-order chi connectivity index (χ0) is 10.1. The molecule has 0 atom stereocenters. The van der Waals surface area contributed by atoms with Crippen LogP contribution in [0.1, 0.15) is 0 Å². The highest BCUT2D eigenvalue weighted by Gasteiger charge is 1.90. The first-order valence-corrected chi connectivity index (χ1v) is 3.54. The molecule has 5 N–H and O–H groups in total. The van der Waals surface area contributed by atoms with Crippen molar-refractivity contribution in [1.29, 1.82) is 0 Å². The van der Waals surface area contributed by atoms with E-state index in [1.54, 1.807) is 12.1 Å². The maximum atomic E-state index is 10.3. The zero-order valence-corrected chi connectivity index (χ0v) is 6.97. The van der Waals surface area contributed by atoms with E-state index in [0.29, 0.717) is 0 Å². The molecule has 1 aromatic rings. The van der Waals surface area contributed by atoms with Gasteiger partial charge in [0.15, 0.2) is 0 Å². The molecule has 6 heteroatoms. The predicted molar refractivity (Wildman–Crippen MR) is 51.2 cm³/mol.